The Labute approximate surface area is 246 Å². The lowest BCUT2D eigenvalue weighted by atomic mass is 10.0. The Morgan fingerprint density at radius 1 is 1.02 bits per heavy atom. The van der Waals surface area contributed by atoms with Gasteiger partial charge in [-0.15, -0.1) is 12.4 Å². The number of hydrogen-bond acceptors (Lipinski definition) is 8. The number of nitrogens with zero attached hydrogens (tertiary/aromatic N) is 4. The highest BCUT2D eigenvalue weighted by molar-refractivity contribution is 7.89. The molecule has 1 saturated heterocycles. The van der Waals surface area contributed by atoms with E-state index < -0.39 is 10.0 Å². The van der Waals surface area contributed by atoms with Gasteiger partial charge in [0.1, 0.15) is 13.2 Å². The summed E-state index contributed by atoms with van der Waals surface area (Å²) in [6.07, 6.45) is 1.72. The highest BCUT2D eigenvalue weighted by Gasteiger charge is 2.29. The minimum absolute atomic E-state index is 0. The van der Waals surface area contributed by atoms with Gasteiger partial charge in [0, 0.05) is 43.9 Å². The maximum Gasteiger partial charge on any atom is 0.260 e. The van der Waals surface area contributed by atoms with Gasteiger partial charge in [0.25, 0.3) is 5.91 Å². The van der Waals surface area contributed by atoms with Crippen LogP contribution in [0.15, 0.2) is 41.3 Å². The largest absolute Gasteiger partial charge is 0.486 e. The number of sulfonamides is 1. The molecular formula is C28H37ClN4O5S2. The van der Waals surface area contributed by atoms with Crippen molar-refractivity contribution < 1.29 is 22.7 Å². The fourth-order valence-corrected chi connectivity index (χ4v) is 7.40. The number of carbonyl (C=O) groups is 1. The monoisotopic (exact) mass is 608 g/mol. The number of halogens is 1. The number of likely N-dealkylation sites (N-methyl/N-ethyl adjacent to an activating group) is 1. The highest BCUT2D eigenvalue weighted by Crippen LogP contribution is 2.39. The summed E-state index contributed by atoms with van der Waals surface area (Å²) in [6, 6.07) is 10.1. The zero-order valence-electron chi connectivity index (χ0n) is 23.2. The number of anilines is 1. The molecule has 3 aromatic rings. The molecule has 0 unspecified atom stereocenters. The van der Waals surface area contributed by atoms with Crippen LogP contribution in [0.25, 0.3) is 10.2 Å². The van der Waals surface area contributed by atoms with E-state index in [9.17, 15) is 13.2 Å². The van der Waals surface area contributed by atoms with Gasteiger partial charge in [-0.2, -0.15) is 4.31 Å². The molecule has 0 atom stereocenters. The molecule has 1 amide bonds. The van der Waals surface area contributed by atoms with Crippen LogP contribution >= 0.6 is 23.7 Å². The first-order valence-corrected chi connectivity index (χ1v) is 15.9. The zero-order chi connectivity index (χ0) is 27.6. The van der Waals surface area contributed by atoms with E-state index in [1.165, 1.54) is 11.3 Å². The van der Waals surface area contributed by atoms with Crippen molar-refractivity contribution in [2.75, 3.05) is 57.4 Å². The van der Waals surface area contributed by atoms with E-state index in [1.54, 1.807) is 33.5 Å². The van der Waals surface area contributed by atoms with Gasteiger partial charge in [-0.1, -0.05) is 32.1 Å². The predicted octanol–water partition coefficient (Wildman–Crippen LogP) is 4.90. The van der Waals surface area contributed by atoms with Gasteiger partial charge in [0.15, 0.2) is 16.6 Å². The fraction of sp³-hybridized carbons (Fsp3) is 0.500. The number of ether oxygens (including phenoxy) is 2. The van der Waals surface area contributed by atoms with E-state index in [4.69, 9.17) is 14.5 Å². The van der Waals surface area contributed by atoms with Crippen molar-refractivity contribution in [2.24, 2.45) is 5.92 Å². The number of hydrogen-bond donors (Lipinski definition) is 0. The SMILES string of the molecule is CCN(CC)CCN(C(=O)c1ccc(S(=O)(=O)N2CCC(C)CC2)cc1)c1nc2cc3c(cc2s1)OCCO3.Cl. The van der Waals surface area contributed by atoms with E-state index in [2.05, 4.69) is 25.7 Å². The first-order chi connectivity index (χ1) is 18.8. The molecule has 0 spiro atoms. The van der Waals surface area contributed by atoms with Crippen molar-refractivity contribution in [2.45, 2.75) is 38.5 Å². The van der Waals surface area contributed by atoms with Crippen LogP contribution in [0, 0.1) is 5.92 Å². The molecular weight excluding hydrogens is 572 g/mol. The molecule has 1 aromatic heterocycles. The third kappa shape index (κ3) is 6.38. The van der Waals surface area contributed by atoms with E-state index in [0.717, 1.165) is 36.1 Å². The van der Waals surface area contributed by atoms with Crippen LogP contribution in [-0.4, -0.2) is 81.0 Å². The molecule has 0 saturated carbocycles. The van der Waals surface area contributed by atoms with Crippen LogP contribution in [0.1, 0.15) is 44.0 Å². The normalized spacial score (nSPS) is 16.2. The number of piperidine rings is 1. The zero-order valence-corrected chi connectivity index (χ0v) is 25.6. The average molecular weight is 609 g/mol. The van der Waals surface area contributed by atoms with Crippen molar-refractivity contribution in [3.8, 4) is 11.5 Å². The van der Waals surface area contributed by atoms with Crippen LogP contribution in [0.5, 0.6) is 11.5 Å². The smallest absolute Gasteiger partial charge is 0.260 e. The molecule has 2 aliphatic rings. The summed E-state index contributed by atoms with van der Waals surface area (Å²) in [5.41, 5.74) is 1.17. The van der Waals surface area contributed by atoms with Crippen molar-refractivity contribution in [3.05, 3.63) is 42.0 Å². The van der Waals surface area contributed by atoms with Crippen LogP contribution in [0.3, 0.4) is 0 Å². The molecule has 2 aromatic carbocycles. The molecule has 40 heavy (non-hydrogen) atoms. The Balaban J connectivity index is 0.00000370. The van der Waals surface area contributed by atoms with Crippen LogP contribution in [0.2, 0.25) is 0 Å². The van der Waals surface area contributed by atoms with Gasteiger partial charge >= 0.3 is 0 Å². The van der Waals surface area contributed by atoms with Crippen LogP contribution in [0.4, 0.5) is 5.13 Å². The summed E-state index contributed by atoms with van der Waals surface area (Å²) >= 11 is 1.43. The van der Waals surface area contributed by atoms with Gasteiger partial charge in [0.2, 0.25) is 10.0 Å². The summed E-state index contributed by atoms with van der Waals surface area (Å²) < 4.78 is 40.3. The Bertz CT molecular complexity index is 1380. The van der Waals surface area contributed by atoms with Gasteiger partial charge in [-0.25, -0.2) is 13.4 Å². The quantitative estimate of drug-likeness (QED) is 0.341. The van der Waals surface area contributed by atoms with Gasteiger partial charge < -0.3 is 14.4 Å². The summed E-state index contributed by atoms with van der Waals surface area (Å²) in [6.45, 7) is 11.3. The number of carbonyl (C=O) groups excluding carboxylic acids is 1. The van der Waals surface area contributed by atoms with E-state index in [-0.39, 0.29) is 23.2 Å². The molecule has 0 bridgehead atoms. The highest BCUT2D eigenvalue weighted by atomic mass is 35.5. The third-order valence-corrected chi connectivity index (χ3v) is 10.5. The molecule has 9 nitrogen and oxygen atoms in total. The number of thiazole rings is 1. The van der Waals surface area contributed by atoms with Crippen molar-refractivity contribution in [3.63, 3.8) is 0 Å². The molecule has 218 valence electrons. The van der Waals surface area contributed by atoms with Crippen LogP contribution < -0.4 is 14.4 Å². The molecule has 0 N–H and O–H groups in total. The van der Waals surface area contributed by atoms with Gasteiger partial charge in [-0.3, -0.25) is 9.69 Å². The van der Waals surface area contributed by atoms with Crippen molar-refractivity contribution >= 4 is 55.0 Å². The lowest BCUT2D eigenvalue weighted by molar-refractivity contribution is 0.0983. The molecule has 3 heterocycles. The summed E-state index contributed by atoms with van der Waals surface area (Å²) in [4.78, 5) is 22.8. The summed E-state index contributed by atoms with van der Waals surface area (Å²) in [5, 5.41) is 0.587. The molecule has 2 aliphatic heterocycles. The molecule has 0 aliphatic carbocycles. The van der Waals surface area contributed by atoms with Crippen LogP contribution in [-0.2, 0) is 10.0 Å². The second kappa shape index (κ2) is 13.0. The second-order valence-electron chi connectivity index (χ2n) is 10.1. The van der Waals surface area contributed by atoms with E-state index >= 15 is 0 Å². The number of benzene rings is 2. The number of fused-ring (bicyclic) bond motifs is 2. The lowest BCUT2D eigenvalue weighted by Crippen LogP contribution is -2.39. The summed E-state index contributed by atoms with van der Waals surface area (Å²) in [7, 11) is -3.59. The standard InChI is InChI=1S/C28H36N4O5S2.ClH/c1-4-30(5-2)14-15-32(28-29-23-18-24-25(19-26(23)38-28)37-17-16-36-24)27(33)21-6-8-22(9-7-21)39(34,35)31-12-10-20(3)11-13-31;/h6-9,18-20H,4-5,10-17H2,1-3H3;1H. The Morgan fingerprint density at radius 2 is 1.65 bits per heavy atom. The Morgan fingerprint density at radius 3 is 2.27 bits per heavy atom. The maximum absolute atomic E-state index is 13.8. The number of amides is 1. The lowest BCUT2D eigenvalue weighted by Gasteiger charge is -2.29. The van der Waals surface area contributed by atoms with E-state index in [0.29, 0.717) is 67.5 Å². The average Bonchev–Trinajstić information content (AvgIpc) is 3.36. The first kappa shape index (κ1) is 30.5. The number of rotatable bonds is 9. The van der Waals surface area contributed by atoms with E-state index in [1.807, 2.05) is 12.1 Å². The minimum Gasteiger partial charge on any atom is -0.486 e. The second-order valence-corrected chi connectivity index (χ2v) is 13.0. The third-order valence-electron chi connectivity index (χ3n) is 7.53. The summed E-state index contributed by atoms with van der Waals surface area (Å²) in [5.74, 6) is 1.66. The van der Waals surface area contributed by atoms with Gasteiger partial charge in [-0.05, 0) is 56.1 Å². The van der Waals surface area contributed by atoms with Crippen molar-refractivity contribution in [1.82, 2.24) is 14.2 Å². The minimum atomic E-state index is -3.59. The first-order valence-electron chi connectivity index (χ1n) is 13.6. The Kier molecular flexibility index (Phi) is 9.94. The van der Waals surface area contributed by atoms with Gasteiger partial charge in [0.05, 0.1) is 15.1 Å². The predicted molar refractivity (Wildman–Crippen MR) is 161 cm³/mol. The fourth-order valence-electron chi connectivity index (χ4n) is 4.93. The Hall–Kier alpha value is -2.44. The van der Waals surface area contributed by atoms with Crippen molar-refractivity contribution in [1.29, 1.82) is 0 Å². The molecule has 5 rings (SSSR count). The molecule has 0 radical (unpaired) electrons. The topological polar surface area (TPSA) is 92.3 Å². The maximum atomic E-state index is 13.8. The molecule has 1 fully saturated rings. The molecule has 12 heteroatoms. The number of aromatic nitrogens is 1.